The van der Waals surface area contributed by atoms with Crippen LogP contribution in [0.25, 0.3) is 194 Å². The Bertz CT molecular complexity index is 6180. The van der Waals surface area contributed by atoms with Gasteiger partial charge in [0, 0.05) is 75.9 Å². The molecule has 0 spiro atoms. The predicted molar refractivity (Wildman–Crippen MR) is 366 cm³/mol. The molecule has 418 valence electrons. The normalized spacial score (nSPS) is 12.2. The first-order valence-electron chi connectivity index (χ1n) is 30.3. The van der Waals surface area contributed by atoms with Crippen LogP contribution in [0, 0.1) is 0 Å². The first kappa shape index (κ1) is 48.9. The van der Waals surface area contributed by atoms with Crippen LogP contribution in [0.15, 0.2) is 292 Å². The molecule has 0 radical (unpaired) electrons. The maximum absolute atomic E-state index is 6.25. The van der Waals surface area contributed by atoms with Crippen LogP contribution >= 0.6 is 0 Å². The molecule has 0 unspecified atom stereocenters. The SMILES string of the molecule is c1ccc2c(c1)oc1ccc(-c3ccc4c(c3)c3ccccc3n4-c3ccc(-c4nc(-n5c6ccccc6c6cc(-c7ccc8oc9ccccc9c8c7)ccc65)nc(-n5c6ccccc6c6cc(-c7ccc8oc9ccccc9c8c7)ccc65)n4)cc3)cc12. The summed E-state index contributed by atoms with van der Waals surface area (Å²) in [7, 11) is 0. The number of hydrogen-bond acceptors (Lipinski definition) is 6. The molecule has 7 aromatic heterocycles. The van der Waals surface area contributed by atoms with Crippen LogP contribution in [0.5, 0.6) is 0 Å². The lowest BCUT2D eigenvalue weighted by atomic mass is 10.0. The lowest BCUT2D eigenvalue weighted by molar-refractivity contribution is 0.668. The highest BCUT2D eigenvalue weighted by Crippen LogP contribution is 2.42. The standard InChI is InChI=1S/C81H46N6O3/c1-7-19-67-55(13-1)61-41-48(51-30-38-76-64(44-51)58-16-4-10-22-73(58)88-76)27-35-70(61)85(67)54-33-25-47(26-34-54)79-82-80(86-68-20-8-2-14-56(68)62-42-49(28-36-71(62)86)52-31-39-77-65(45-52)59-17-5-11-23-74(59)89-77)84-81(83-79)87-69-21-9-3-15-57(69)63-43-50(29-37-72(63)87)53-32-40-78-66(46-53)60-18-6-12-24-75(60)90-78/h1-46H. The molecule has 0 bridgehead atoms. The van der Waals surface area contributed by atoms with Crippen LogP contribution in [0.1, 0.15) is 0 Å². The zero-order valence-electron chi connectivity index (χ0n) is 48.0. The predicted octanol–water partition coefficient (Wildman–Crippen LogP) is 21.5. The molecule has 0 saturated carbocycles. The first-order chi connectivity index (χ1) is 44.6. The van der Waals surface area contributed by atoms with Crippen molar-refractivity contribution in [1.82, 2.24) is 28.7 Å². The maximum atomic E-state index is 6.25. The molecule has 7 heterocycles. The number of hydrogen-bond donors (Lipinski definition) is 0. The van der Waals surface area contributed by atoms with E-state index in [1.807, 2.05) is 36.4 Å². The number of furan rings is 3. The van der Waals surface area contributed by atoms with Crippen LogP contribution < -0.4 is 0 Å². The van der Waals surface area contributed by atoms with Gasteiger partial charge in [-0.1, -0.05) is 146 Å². The zero-order valence-corrected chi connectivity index (χ0v) is 48.0. The van der Waals surface area contributed by atoms with Crippen molar-refractivity contribution >= 4 is 131 Å². The Kier molecular flexibility index (Phi) is 10.1. The van der Waals surface area contributed by atoms with Crippen LogP contribution in [0.2, 0.25) is 0 Å². The van der Waals surface area contributed by atoms with Gasteiger partial charge in [-0.15, -0.1) is 0 Å². The highest BCUT2D eigenvalue weighted by molar-refractivity contribution is 6.15. The van der Waals surface area contributed by atoms with Crippen LogP contribution in [0.3, 0.4) is 0 Å². The molecule has 0 atom stereocenters. The van der Waals surface area contributed by atoms with Gasteiger partial charge in [-0.2, -0.15) is 15.0 Å². The van der Waals surface area contributed by atoms with Gasteiger partial charge in [-0.3, -0.25) is 9.13 Å². The third-order valence-electron chi connectivity index (χ3n) is 18.5. The topological polar surface area (TPSA) is 92.9 Å². The van der Waals surface area contributed by atoms with E-state index in [9.17, 15) is 0 Å². The second-order valence-electron chi connectivity index (χ2n) is 23.5. The number of benzene rings is 13. The molecule has 20 rings (SSSR count). The molecular formula is C81H46N6O3. The smallest absolute Gasteiger partial charge is 0.240 e. The molecule has 13 aromatic carbocycles. The molecule has 90 heavy (non-hydrogen) atoms. The van der Waals surface area contributed by atoms with Gasteiger partial charge in [-0.25, -0.2) is 0 Å². The van der Waals surface area contributed by atoms with Gasteiger partial charge in [0.05, 0.1) is 33.1 Å². The van der Waals surface area contributed by atoms with Crippen LogP contribution in [-0.4, -0.2) is 28.7 Å². The number of aromatic nitrogens is 6. The van der Waals surface area contributed by atoms with Gasteiger partial charge in [-0.05, 0) is 167 Å². The molecular weight excluding hydrogens is 1100 g/mol. The Balaban J connectivity index is 0.756. The molecule has 0 aliphatic heterocycles. The Morgan fingerprint density at radius 3 is 0.867 bits per heavy atom. The molecule has 0 N–H and O–H groups in total. The minimum Gasteiger partial charge on any atom is -0.456 e. The van der Waals surface area contributed by atoms with E-state index in [2.05, 4.69) is 256 Å². The second kappa shape index (κ2) is 18.6. The van der Waals surface area contributed by atoms with Crippen LogP contribution in [0.4, 0.5) is 0 Å². The van der Waals surface area contributed by atoms with Crippen molar-refractivity contribution in [2.24, 2.45) is 0 Å². The summed E-state index contributed by atoms with van der Waals surface area (Å²) in [5.74, 6) is 1.55. The van der Waals surface area contributed by atoms with Crippen molar-refractivity contribution in [2.45, 2.75) is 0 Å². The summed E-state index contributed by atoms with van der Waals surface area (Å²) in [6.07, 6.45) is 0. The van der Waals surface area contributed by atoms with Crippen molar-refractivity contribution in [3.8, 4) is 62.4 Å². The van der Waals surface area contributed by atoms with Gasteiger partial charge in [0.15, 0.2) is 5.82 Å². The summed E-state index contributed by atoms with van der Waals surface area (Å²) in [5.41, 5.74) is 20.0. The van der Waals surface area contributed by atoms with Crippen molar-refractivity contribution < 1.29 is 13.3 Å². The van der Waals surface area contributed by atoms with E-state index in [4.69, 9.17) is 28.2 Å². The maximum Gasteiger partial charge on any atom is 0.240 e. The van der Waals surface area contributed by atoms with Gasteiger partial charge < -0.3 is 17.8 Å². The average molecular weight is 1150 g/mol. The minimum absolute atomic E-state index is 0.505. The molecule has 0 aliphatic carbocycles. The summed E-state index contributed by atoms with van der Waals surface area (Å²) >= 11 is 0. The summed E-state index contributed by atoms with van der Waals surface area (Å²) in [6, 6.07) is 98.9. The van der Waals surface area contributed by atoms with Crippen LogP contribution in [-0.2, 0) is 0 Å². The Morgan fingerprint density at radius 2 is 0.478 bits per heavy atom. The number of para-hydroxylation sites is 6. The molecule has 0 aliphatic rings. The lowest BCUT2D eigenvalue weighted by Crippen LogP contribution is -2.10. The monoisotopic (exact) mass is 1150 g/mol. The minimum atomic E-state index is 0.505. The number of nitrogens with zero attached hydrogens (tertiary/aromatic N) is 6. The Morgan fingerprint density at radius 1 is 0.200 bits per heavy atom. The van der Waals surface area contributed by atoms with E-state index in [0.717, 1.165) is 165 Å². The fraction of sp³-hybridized carbons (Fsp3) is 0. The fourth-order valence-corrected chi connectivity index (χ4v) is 14.3. The molecule has 0 amide bonds. The molecule has 20 aromatic rings. The zero-order chi connectivity index (χ0) is 58.7. The first-order valence-corrected chi connectivity index (χ1v) is 30.3. The third kappa shape index (κ3) is 7.22. The number of rotatable bonds is 7. The van der Waals surface area contributed by atoms with Gasteiger partial charge in [0.2, 0.25) is 11.9 Å². The van der Waals surface area contributed by atoms with E-state index >= 15 is 0 Å². The van der Waals surface area contributed by atoms with E-state index in [1.165, 1.54) is 10.8 Å². The average Bonchev–Trinajstić information content (AvgIpc) is 1.84. The van der Waals surface area contributed by atoms with Crippen molar-refractivity contribution in [1.29, 1.82) is 0 Å². The van der Waals surface area contributed by atoms with Crippen molar-refractivity contribution in [2.75, 3.05) is 0 Å². The Hall–Kier alpha value is -12.3. The summed E-state index contributed by atoms with van der Waals surface area (Å²) in [6.45, 7) is 0. The van der Waals surface area contributed by atoms with Gasteiger partial charge in [0.1, 0.15) is 33.5 Å². The number of fused-ring (bicyclic) bond motifs is 18. The highest BCUT2D eigenvalue weighted by atomic mass is 16.3. The third-order valence-corrected chi connectivity index (χ3v) is 18.5. The summed E-state index contributed by atoms with van der Waals surface area (Å²) in [4.78, 5) is 16.6. The summed E-state index contributed by atoms with van der Waals surface area (Å²) < 4.78 is 25.5. The second-order valence-corrected chi connectivity index (χ2v) is 23.5. The van der Waals surface area contributed by atoms with Crippen molar-refractivity contribution in [3.05, 3.63) is 279 Å². The van der Waals surface area contributed by atoms with Crippen molar-refractivity contribution in [3.63, 3.8) is 0 Å². The largest absolute Gasteiger partial charge is 0.456 e. The molecule has 9 heteroatoms. The molecule has 9 nitrogen and oxygen atoms in total. The summed E-state index contributed by atoms with van der Waals surface area (Å²) in [5, 5.41) is 13.3. The molecule has 0 saturated heterocycles. The molecule has 0 fully saturated rings. The van der Waals surface area contributed by atoms with Gasteiger partial charge >= 0.3 is 0 Å². The van der Waals surface area contributed by atoms with E-state index in [0.29, 0.717) is 17.7 Å². The van der Waals surface area contributed by atoms with Gasteiger partial charge in [0.25, 0.3) is 0 Å². The quantitative estimate of drug-likeness (QED) is 0.158. The van der Waals surface area contributed by atoms with E-state index in [-0.39, 0.29) is 0 Å². The van der Waals surface area contributed by atoms with E-state index < -0.39 is 0 Å². The van der Waals surface area contributed by atoms with E-state index in [1.54, 1.807) is 0 Å². The fourth-order valence-electron chi connectivity index (χ4n) is 14.3. The Labute approximate surface area is 511 Å². The highest BCUT2D eigenvalue weighted by Gasteiger charge is 2.23. The lowest BCUT2D eigenvalue weighted by Gasteiger charge is -2.13.